The van der Waals surface area contributed by atoms with Gasteiger partial charge in [0.05, 0.1) is 17.6 Å². The molecule has 0 spiro atoms. The lowest BCUT2D eigenvalue weighted by atomic mass is 10.3. The van der Waals surface area contributed by atoms with Crippen molar-refractivity contribution in [2.24, 2.45) is 0 Å². The minimum atomic E-state index is -0.453. The lowest BCUT2D eigenvalue weighted by Gasteiger charge is -2.07. The van der Waals surface area contributed by atoms with E-state index in [9.17, 15) is 10.1 Å². The lowest BCUT2D eigenvalue weighted by Crippen LogP contribution is -1.96. The van der Waals surface area contributed by atoms with Crippen molar-refractivity contribution in [1.29, 1.82) is 0 Å². The van der Waals surface area contributed by atoms with Crippen LogP contribution in [-0.4, -0.2) is 16.5 Å². The van der Waals surface area contributed by atoms with Gasteiger partial charge in [-0.1, -0.05) is 0 Å². The molecule has 0 bridgehead atoms. The van der Waals surface area contributed by atoms with Crippen LogP contribution in [0, 0.1) is 10.1 Å². The lowest BCUT2D eigenvalue weighted by molar-refractivity contribution is -0.384. The highest BCUT2D eigenvalue weighted by Crippen LogP contribution is 2.21. The van der Waals surface area contributed by atoms with Crippen LogP contribution in [0.5, 0.6) is 5.75 Å². The zero-order valence-corrected chi connectivity index (χ0v) is 10.4. The summed E-state index contributed by atoms with van der Waals surface area (Å²) in [5.41, 5.74) is 0.792. The molecule has 2 aromatic rings. The summed E-state index contributed by atoms with van der Waals surface area (Å²) in [5, 5.41) is 13.7. The maximum Gasteiger partial charge on any atom is 0.274 e. The second-order valence-corrected chi connectivity index (χ2v) is 3.74. The molecule has 0 aliphatic rings. The Morgan fingerprint density at radius 2 is 2.05 bits per heavy atom. The highest BCUT2D eigenvalue weighted by Gasteiger charge is 2.06. The number of nitrogens with one attached hydrogen (secondary N) is 1. The zero-order chi connectivity index (χ0) is 13.7. The van der Waals surface area contributed by atoms with Gasteiger partial charge in [0.1, 0.15) is 11.6 Å². The van der Waals surface area contributed by atoms with Crippen molar-refractivity contribution in [3.63, 3.8) is 0 Å². The van der Waals surface area contributed by atoms with Gasteiger partial charge in [0.15, 0.2) is 0 Å². The van der Waals surface area contributed by atoms with Crippen molar-refractivity contribution >= 4 is 17.2 Å². The Hall–Kier alpha value is -2.63. The van der Waals surface area contributed by atoms with E-state index in [-0.39, 0.29) is 5.69 Å². The number of hydrogen-bond acceptors (Lipinski definition) is 5. The topological polar surface area (TPSA) is 77.3 Å². The minimum Gasteiger partial charge on any atom is -0.494 e. The van der Waals surface area contributed by atoms with E-state index in [2.05, 4.69) is 10.3 Å². The number of hydrogen-bond donors (Lipinski definition) is 1. The fourth-order valence-electron chi connectivity index (χ4n) is 1.55. The zero-order valence-electron chi connectivity index (χ0n) is 10.4. The van der Waals surface area contributed by atoms with Crippen LogP contribution in [0.2, 0.25) is 0 Å². The maximum absolute atomic E-state index is 10.7. The fourth-order valence-corrected chi connectivity index (χ4v) is 1.55. The Bertz CT molecular complexity index is 570. The van der Waals surface area contributed by atoms with E-state index in [1.165, 1.54) is 18.3 Å². The Morgan fingerprint density at radius 1 is 1.32 bits per heavy atom. The Labute approximate surface area is 110 Å². The molecule has 0 aliphatic heterocycles. The number of nitrogens with zero attached hydrogens (tertiary/aromatic N) is 2. The Kier molecular flexibility index (Phi) is 3.92. The molecule has 0 aliphatic carbocycles. The van der Waals surface area contributed by atoms with Crippen molar-refractivity contribution in [2.45, 2.75) is 6.92 Å². The summed E-state index contributed by atoms with van der Waals surface area (Å²) < 4.78 is 5.33. The van der Waals surface area contributed by atoms with Crippen LogP contribution < -0.4 is 10.1 Å². The van der Waals surface area contributed by atoms with Gasteiger partial charge in [-0.25, -0.2) is 4.98 Å². The third-order valence-corrected chi connectivity index (χ3v) is 2.39. The molecule has 0 radical (unpaired) electrons. The standard InChI is InChI=1S/C13H13N3O3/c1-2-19-12-5-3-10(4-6-12)15-13-9-11(16(17)18)7-8-14-13/h3-9H,2H2,1H3,(H,14,15). The first-order valence-corrected chi connectivity index (χ1v) is 5.79. The molecule has 1 heterocycles. The average Bonchev–Trinajstić information content (AvgIpc) is 2.42. The molecule has 2 rings (SSSR count). The van der Waals surface area contributed by atoms with Gasteiger partial charge in [0.25, 0.3) is 5.69 Å². The van der Waals surface area contributed by atoms with E-state index in [0.29, 0.717) is 12.4 Å². The molecule has 0 atom stereocenters. The van der Waals surface area contributed by atoms with E-state index in [0.717, 1.165) is 11.4 Å². The number of benzene rings is 1. The summed E-state index contributed by atoms with van der Waals surface area (Å²) in [6.45, 7) is 2.53. The fraction of sp³-hybridized carbons (Fsp3) is 0.154. The molecule has 0 fully saturated rings. The normalized spacial score (nSPS) is 9.95. The smallest absolute Gasteiger partial charge is 0.274 e. The van der Waals surface area contributed by atoms with Crippen LogP contribution in [0.1, 0.15) is 6.92 Å². The highest BCUT2D eigenvalue weighted by atomic mass is 16.6. The number of anilines is 2. The van der Waals surface area contributed by atoms with Gasteiger partial charge < -0.3 is 10.1 Å². The van der Waals surface area contributed by atoms with Gasteiger partial charge in [-0.2, -0.15) is 0 Å². The highest BCUT2D eigenvalue weighted by molar-refractivity contribution is 5.59. The number of ether oxygens (including phenoxy) is 1. The summed E-state index contributed by atoms with van der Waals surface area (Å²) in [4.78, 5) is 14.2. The second kappa shape index (κ2) is 5.81. The Balaban J connectivity index is 2.12. The first-order valence-electron chi connectivity index (χ1n) is 5.79. The summed E-state index contributed by atoms with van der Waals surface area (Å²) in [7, 11) is 0. The molecule has 0 amide bonds. The van der Waals surface area contributed by atoms with Gasteiger partial charge in [0, 0.05) is 18.0 Å². The van der Waals surface area contributed by atoms with Gasteiger partial charge in [-0.3, -0.25) is 10.1 Å². The Morgan fingerprint density at radius 3 is 2.68 bits per heavy atom. The first kappa shape index (κ1) is 12.8. The van der Waals surface area contributed by atoms with Gasteiger partial charge in [-0.05, 0) is 31.2 Å². The third-order valence-electron chi connectivity index (χ3n) is 2.39. The van der Waals surface area contributed by atoms with Crippen molar-refractivity contribution in [3.05, 3.63) is 52.7 Å². The summed E-state index contributed by atoms with van der Waals surface area (Å²) in [6.07, 6.45) is 1.40. The monoisotopic (exact) mass is 259 g/mol. The van der Waals surface area contributed by atoms with Crippen molar-refractivity contribution in [1.82, 2.24) is 4.98 Å². The molecular formula is C13H13N3O3. The summed E-state index contributed by atoms with van der Waals surface area (Å²) >= 11 is 0. The van der Waals surface area contributed by atoms with Crippen LogP contribution in [-0.2, 0) is 0 Å². The summed E-state index contributed by atoms with van der Waals surface area (Å²) in [5.74, 6) is 1.21. The van der Waals surface area contributed by atoms with Crippen LogP contribution in [0.15, 0.2) is 42.6 Å². The molecule has 6 nitrogen and oxygen atoms in total. The van der Waals surface area contributed by atoms with Gasteiger partial charge in [0.2, 0.25) is 0 Å². The number of pyridine rings is 1. The molecular weight excluding hydrogens is 246 g/mol. The number of nitro groups is 1. The predicted octanol–water partition coefficient (Wildman–Crippen LogP) is 3.13. The average molecular weight is 259 g/mol. The molecule has 1 aromatic heterocycles. The van der Waals surface area contributed by atoms with Crippen LogP contribution in [0.4, 0.5) is 17.2 Å². The molecule has 1 aromatic carbocycles. The van der Waals surface area contributed by atoms with Crippen molar-refractivity contribution < 1.29 is 9.66 Å². The number of aromatic nitrogens is 1. The third kappa shape index (κ3) is 3.41. The van der Waals surface area contributed by atoms with E-state index in [4.69, 9.17) is 4.74 Å². The van der Waals surface area contributed by atoms with E-state index >= 15 is 0 Å². The predicted molar refractivity (Wildman–Crippen MR) is 71.8 cm³/mol. The molecule has 0 saturated heterocycles. The van der Waals surface area contributed by atoms with Gasteiger partial charge >= 0.3 is 0 Å². The molecule has 98 valence electrons. The summed E-state index contributed by atoms with van der Waals surface area (Å²) in [6, 6.07) is 10.0. The number of rotatable bonds is 5. The van der Waals surface area contributed by atoms with Crippen molar-refractivity contribution in [2.75, 3.05) is 11.9 Å². The van der Waals surface area contributed by atoms with Crippen LogP contribution in [0.25, 0.3) is 0 Å². The largest absolute Gasteiger partial charge is 0.494 e. The quantitative estimate of drug-likeness (QED) is 0.659. The van der Waals surface area contributed by atoms with E-state index in [1.807, 2.05) is 31.2 Å². The van der Waals surface area contributed by atoms with Gasteiger partial charge in [-0.15, -0.1) is 0 Å². The SMILES string of the molecule is CCOc1ccc(Nc2cc([N+](=O)[O-])ccn2)cc1. The molecule has 6 heteroatoms. The first-order chi connectivity index (χ1) is 9.19. The van der Waals surface area contributed by atoms with Crippen LogP contribution in [0.3, 0.4) is 0 Å². The maximum atomic E-state index is 10.7. The van der Waals surface area contributed by atoms with E-state index < -0.39 is 4.92 Å². The van der Waals surface area contributed by atoms with Crippen molar-refractivity contribution in [3.8, 4) is 5.75 Å². The molecule has 0 unspecified atom stereocenters. The minimum absolute atomic E-state index is 0.00318. The molecule has 1 N–H and O–H groups in total. The van der Waals surface area contributed by atoms with E-state index in [1.54, 1.807) is 0 Å². The second-order valence-electron chi connectivity index (χ2n) is 3.74. The van der Waals surface area contributed by atoms with Crippen LogP contribution >= 0.6 is 0 Å². The molecule has 0 saturated carbocycles. The molecule has 19 heavy (non-hydrogen) atoms.